The molecule has 2 heterocycles. The lowest BCUT2D eigenvalue weighted by Gasteiger charge is -2.06. The molecule has 2 aromatic carbocycles. The van der Waals surface area contributed by atoms with E-state index in [-0.39, 0.29) is 19.3 Å². The summed E-state index contributed by atoms with van der Waals surface area (Å²) in [6.07, 6.45) is 0.718. The van der Waals surface area contributed by atoms with E-state index in [2.05, 4.69) is 10.3 Å². The van der Waals surface area contributed by atoms with Crippen LogP contribution in [-0.4, -0.2) is 24.3 Å². The predicted molar refractivity (Wildman–Crippen MR) is 108 cm³/mol. The Kier molecular flexibility index (Phi) is 5.16. The van der Waals surface area contributed by atoms with E-state index in [0.29, 0.717) is 10.9 Å². The topological polar surface area (TPSA) is 69.7 Å². The monoisotopic (exact) mass is 396 g/mol. The summed E-state index contributed by atoms with van der Waals surface area (Å²) in [5, 5.41) is 3.39. The number of aryl methyl sites for hydroxylation is 2. The maximum atomic E-state index is 12.2. The summed E-state index contributed by atoms with van der Waals surface area (Å²) in [4.78, 5) is 17.7. The number of ether oxygens (including phenoxy) is 3. The molecule has 4 rings (SSSR count). The molecule has 0 aliphatic carbocycles. The molecule has 6 nitrogen and oxygen atoms in total. The van der Waals surface area contributed by atoms with Crippen molar-refractivity contribution in [3.63, 3.8) is 0 Å². The summed E-state index contributed by atoms with van der Waals surface area (Å²) in [7, 11) is 0. The smallest absolute Gasteiger partial charge is 0.264 e. The van der Waals surface area contributed by atoms with Crippen molar-refractivity contribution in [3.8, 4) is 17.2 Å². The largest absolute Gasteiger partial charge is 0.484 e. The zero-order valence-corrected chi connectivity index (χ0v) is 16.5. The Labute approximate surface area is 167 Å². The number of benzene rings is 2. The Morgan fingerprint density at radius 2 is 2.04 bits per heavy atom. The number of thiazole rings is 1. The molecule has 0 saturated heterocycles. The molecule has 0 radical (unpaired) electrons. The molecule has 0 spiro atoms. The number of nitrogens with zero attached hydrogens (tertiary/aromatic N) is 1. The molecule has 0 unspecified atom stereocenters. The van der Waals surface area contributed by atoms with Crippen LogP contribution < -0.4 is 19.5 Å². The van der Waals surface area contributed by atoms with Crippen LogP contribution in [0.1, 0.15) is 21.7 Å². The number of fused-ring (bicyclic) bond motifs is 1. The van der Waals surface area contributed by atoms with Crippen LogP contribution in [0.2, 0.25) is 0 Å². The van der Waals surface area contributed by atoms with Gasteiger partial charge in [-0.25, -0.2) is 4.98 Å². The number of aromatic nitrogens is 1. The van der Waals surface area contributed by atoms with Crippen molar-refractivity contribution in [3.05, 3.63) is 64.2 Å². The van der Waals surface area contributed by atoms with Crippen molar-refractivity contribution in [1.29, 1.82) is 0 Å². The van der Waals surface area contributed by atoms with Gasteiger partial charge in [-0.3, -0.25) is 10.1 Å². The fourth-order valence-corrected chi connectivity index (χ4v) is 3.90. The van der Waals surface area contributed by atoms with Crippen LogP contribution in [0.4, 0.5) is 5.13 Å². The number of carbonyl (C=O) groups is 1. The Morgan fingerprint density at radius 3 is 2.89 bits per heavy atom. The molecular formula is C21H20N2O4S. The number of nitrogens with one attached hydrogen (secondary N) is 1. The van der Waals surface area contributed by atoms with Crippen molar-refractivity contribution in [2.75, 3.05) is 18.7 Å². The fourth-order valence-electron chi connectivity index (χ4n) is 2.89. The first-order valence-corrected chi connectivity index (χ1v) is 9.72. The maximum Gasteiger partial charge on any atom is 0.264 e. The molecule has 1 amide bonds. The zero-order valence-electron chi connectivity index (χ0n) is 15.7. The lowest BCUT2D eigenvalue weighted by Crippen LogP contribution is -2.20. The molecule has 0 atom stereocenters. The quantitative estimate of drug-likeness (QED) is 0.679. The van der Waals surface area contributed by atoms with E-state index in [1.165, 1.54) is 11.3 Å². The zero-order chi connectivity index (χ0) is 19.5. The van der Waals surface area contributed by atoms with Gasteiger partial charge in [0, 0.05) is 11.3 Å². The summed E-state index contributed by atoms with van der Waals surface area (Å²) < 4.78 is 16.3. The van der Waals surface area contributed by atoms with Crippen LogP contribution in [0.3, 0.4) is 0 Å². The van der Waals surface area contributed by atoms with Gasteiger partial charge in [0.15, 0.2) is 23.2 Å². The fraction of sp³-hybridized carbons (Fsp3) is 0.238. The van der Waals surface area contributed by atoms with Crippen molar-refractivity contribution in [2.24, 2.45) is 0 Å². The summed E-state index contributed by atoms with van der Waals surface area (Å²) >= 11 is 1.47. The first-order valence-electron chi connectivity index (χ1n) is 8.91. The molecule has 1 N–H and O–H groups in total. The van der Waals surface area contributed by atoms with E-state index in [9.17, 15) is 4.79 Å². The molecule has 0 bridgehead atoms. The van der Waals surface area contributed by atoms with Crippen molar-refractivity contribution < 1.29 is 19.0 Å². The highest BCUT2D eigenvalue weighted by atomic mass is 32.1. The average molecular weight is 396 g/mol. The van der Waals surface area contributed by atoms with E-state index in [0.717, 1.165) is 39.6 Å². The van der Waals surface area contributed by atoms with E-state index in [4.69, 9.17) is 14.2 Å². The third-order valence-electron chi connectivity index (χ3n) is 4.30. The second kappa shape index (κ2) is 7.90. The van der Waals surface area contributed by atoms with Crippen LogP contribution in [0.5, 0.6) is 17.2 Å². The standard InChI is InChI=1S/C21H20N2O4S/c1-13-4-3-5-16(8-13)25-11-20(24)23-21-22-14(2)19(28-21)10-15-6-7-17-18(9-15)27-12-26-17/h3-9H,10-12H2,1-2H3,(H,22,23,24). The Hall–Kier alpha value is -3.06. The summed E-state index contributed by atoms with van der Waals surface area (Å²) in [5.74, 6) is 1.98. The van der Waals surface area contributed by atoms with Gasteiger partial charge in [0.2, 0.25) is 6.79 Å². The van der Waals surface area contributed by atoms with Crippen LogP contribution in [0.15, 0.2) is 42.5 Å². The van der Waals surface area contributed by atoms with Gasteiger partial charge in [-0.15, -0.1) is 11.3 Å². The molecule has 28 heavy (non-hydrogen) atoms. The highest BCUT2D eigenvalue weighted by Gasteiger charge is 2.16. The summed E-state index contributed by atoms with van der Waals surface area (Å²) in [5.41, 5.74) is 3.09. The Bertz CT molecular complexity index is 1020. The first-order chi connectivity index (χ1) is 13.6. The molecule has 1 aliphatic heterocycles. The highest BCUT2D eigenvalue weighted by Crippen LogP contribution is 2.34. The van der Waals surface area contributed by atoms with Gasteiger partial charge in [-0.2, -0.15) is 0 Å². The van der Waals surface area contributed by atoms with E-state index in [1.807, 2.05) is 56.3 Å². The lowest BCUT2D eigenvalue weighted by molar-refractivity contribution is -0.118. The van der Waals surface area contributed by atoms with Crippen LogP contribution in [0.25, 0.3) is 0 Å². The minimum atomic E-state index is -0.232. The number of rotatable bonds is 6. The molecule has 7 heteroatoms. The minimum absolute atomic E-state index is 0.0560. The lowest BCUT2D eigenvalue weighted by atomic mass is 10.1. The number of hydrogen-bond donors (Lipinski definition) is 1. The number of amides is 1. The average Bonchev–Trinajstić information content (AvgIpc) is 3.26. The molecule has 1 aromatic heterocycles. The molecule has 0 fully saturated rings. The van der Waals surface area contributed by atoms with Gasteiger partial charge in [0.1, 0.15) is 5.75 Å². The van der Waals surface area contributed by atoms with Crippen LogP contribution in [-0.2, 0) is 11.2 Å². The normalized spacial score (nSPS) is 12.1. The molecule has 1 aliphatic rings. The predicted octanol–water partition coefficient (Wildman–Crippen LogP) is 4.10. The Morgan fingerprint density at radius 1 is 1.18 bits per heavy atom. The van der Waals surface area contributed by atoms with Gasteiger partial charge >= 0.3 is 0 Å². The highest BCUT2D eigenvalue weighted by molar-refractivity contribution is 7.15. The number of hydrogen-bond acceptors (Lipinski definition) is 6. The van der Waals surface area contributed by atoms with Crippen LogP contribution in [0, 0.1) is 13.8 Å². The van der Waals surface area contributed by atoms with E-state index >= 15 is 0 Å². The second-order valence-corrected chi connectivity index (χ2v) is 7.63. The van der Waals surface area contributed by atoms with Gasteiger partial charge in [-0.1, -0.05) is 18.2 Å². The van der Waals surface area contributed by atoms with Crippen molar-refractivity contribution in [1.82, 2.24) is 4.98 Å². The third-order valence-corrected chi connectivity index (χ3v) is 5.37. The van der Waals surface area contributed by atoms with Gasteiger partial charge in [0.25, 0.3) is 5.91 Å². The van der Waals surface area contributed by atoms with Crippen molar-refractivity contribution in [2.45, 2.75) is 20.3 Å². The molecule has 0 saturated carbocycles. The molecule has 144 valence electrons. The van der Waals surface area contributed by atoms with Crippen LogP contribution >= 0.6 is 11.3 Å². The number of anilines is 1. The van der Waals surface area contributed by atoms with E-state index in [1.54, 1.807) is 0 Å². The van der Waals surface area contributed by atoms with Gasteiger partial charge in [-0.05, 0) is 49.2 Å². The SMILES string of the molecule is Cc1cccc(OCC(=O)Nc2nc(C)c(Cc3ccc4c(c3)OCO4)s2)c1. The third kappa shape index (κ3) is 4.26. The summed E-state index contributed by atoms with van der Waals surface area (Å²) in [6.45, 7) is 4.13. The molecular weight excluding hydrogens is 376 g/mol. The van der Waals surface area contributed by atoms with E-state index < -0.39 is 0 Å². The summed E-state index contributed by atoms with van der Waals surface area (Å²) in [6, 6.07) is 13.5. The van der Waals surface area contributed by atoms with Crippen molar-refractivity contribution >= 4 is 22.4 Å². The second-order valence-electron chi connectivity index (χ2n) is 6.55. The van der Waals surface area contributed by atoms with Gasteiger partial charge < -0.3 is 14.2 Å². The first kappa shape index (κ1) is 18.3. The maximum absolute atomic E-state index is 12.2. The number of carbonyl (C=O) groups excluding carboxylic acids is 1. The minimum Gasteiger partial charge on any atom is -0.484 e. The van der Waals surface area contributed by atoms with Gasteiger partial charge in [0.05, 0.1) is 5.69 Å². The molecule has 3 aromatic rings. The Balaban J connectivity index is 1.36.